The molecule has 0 saturated carbocycles. The van der Waals surface area contributed by atoms with Crippen molar-refractivity contribution < 1.29 is 24.5 Å². The minimum Gasteiger partial charge on any atom is -0.504 e. The van der Waals surface area contributed by atoms with Crippen molar-refractivity contribution in [1.29, 1.82) is 0 Å². The van der Waals surface area contributed by atoms with Crippen LogP contribution in [0.15, 0.2) is 12.1 Å². The quantitative estimate of drug-likeness (QED) is 0.617. The third kappa shape index (κ3) is 3.35. The molecule has 0 saturated heterocycles. The Kier molecular flexibility index (Phi) is 5.19. The number of hydrogen-bond donors (Lipinski definition) is 4. The maximum absolute atomic E-state index is 13.1. The normalized spacial score (nSPS) is 11.6. The van der Waals surface area contributed by atoms with Gasteiger partial charge in [-0.2, -0.15) is 0 Å². The molecule has 90 valence electrons. The molecular formula is C9H11BrFNO4. The van der Waals surface area contributed by atoms with E-state index < -0.39 is 29.3 Å². The maximum atomic E-state index is 13.1. The van der Waals surface area contributed by atoms with E-state index in [9.17, 15) is 9.18 Å². The molecular weight excluding hydrogens is 285 g/mol. The van der Waals surface area contributed by atoms with E-state index in [4.69, 9.17) is 21.1 Å². The van der Waals surface area contributed by atoms with E-state index in [0.717, 1.165) is 6.07 Å². The molecule has 0 heterocycles. The molecule has 0 aliphatic rings. The van der Waals surface area contributed by atoms with Gasteiger partial charge in [-0.1, -0.05) is 0 Å². The highest BCUT2D eigenvalue weighted by atomic mass is 79.9. The van der Waals surface area contributed by atoms with Crippen molar-refractivity contribution in [3.8, 4) is 11.5 Å². The standard InChI is InChI=1S/C9H10FNO4.BrH/c10-5-3-8(13)7(12)2-4(5)1-6(11)9(14)15;/h2-3,6,12-13H,1,11H2,(H,14,15);1H/t6-;/m0./s1. The number of carboxylic acid groups (broad SMARTS) is 1. The fraction of sp³-hybridized carbons (Fsp3) is 0.222. The fourth-order valence-corrected chi connectivity index (χ4v) is 1.08. The molecule has 1 aromatic carbocycles. The number of benzene rings is 1. The van der Waals surface area contributed by atoms with Crippen LogP contribution >= 0.6 is 17.0 Å². The van der Waals surface area contributed by atoms with Crippen molar-refractivity contribution in [2.24, 2.45) is 5.73 Å². The molecule has 0 aliphatic heterocycles. The summed E-state index contributed by atoms with van der Waals surface area (Å²) in [6, 6.07) is 0.413. The van der Waals surface area contributed by atoms with E-state index in [-0.39, 0.29) is 29.0 Å². The number of carboxylic acids is 1. The zero-order valence-electron chi connectivity index (χ0n) is 8.05. The summed E-state index contributed by atoms with van der Waals surface area (Å²) in [5.74, 6) is -3.17. The van der Waals surface area contributed by atoms with Gasteiger partial charge in [0.1, 0.15) is 11.9 Å². The third-order valence-electron chi connectivity index (χ3n) is 1.90. The van der Waals surface area contributed by atoms with Crippen LogP contribution in [0.25, 0.3) is 0 Å². The topological polar surface area (TPSA) is 104 Å². The Morgan fingerprint density at radius 1 is 1.38 bits per heavy atom. The highest BCUT2D eigenvalue weighted by molar-refractivity contribution is 8.93. The molecule has 0 bridgehead atoms. The van der Waals surface area contributed by atoms with Crippen LogP contribution in [0.2, 0.25) is 0 Å². The summed E-state index contributed by atoms with van der Waals surface area (Å²) >= 11 is 0. The van der Waals surface area contributed by atoms with Crippen LogP contribution in [0, 0.1) is 5.82 Å². The summed E-state index contributed by atoms with van der Waals surface area (Å²) in [5, 5.41) is 26.5. The zero-order valence-corrected chi connectivity index (χ0v) is 9.77. The first-order chi connectivity index (χ1) is 6.91. The molecule has 0 aromatic heterocycles. The number of aromatic hydroxyl groups is 2. The van der Waals surface area contributed by atoms with Gasteiger partial charge in [0.05, 0.1) is 0 Å². The highest BCUT2D eigenvalue weighted by Crippen LogP contribution is 2.27. The van der Waals surface area contributed by atoms with E-state index in [0.29, 0.717) is 6.07 Å². The van der Waals surface area contributed by atoms with Crippen molar-refractivity contribution in [1.82, 2.24) is 0 Å². The Bertz CT molecular complexity index is 399. The molecule has 5 nitrogen and oxygen atoms in total. The van der Waals surface area contributed by atoms with Crippen LogP contribution in [0.4, 0.5) is 4.39 Å². The van der Waals surface area contributed by atoms with Crippen molar-refractivity contribution in [2.75, 3.05) is 0 Å². The van der Waals surface area contributed by atoms with E-state index >= 15 is 0 Å². The summed E-state index contributed by atoms with van der Waals surface area (Å²) in [5.41, 5.74) is 5.14. The zero-order chi connectivity index (χ0) is 11.6. The number of halogens is 2. The summed E-state index contributed by atoms with van der Waals surface area (Å²) in [6.07, 6.45) is -0.255. The number of hydrogen-bond acceptors (Lipinski definition) is 4. The molecule has 0 amide bonds. The van der Waals surface area contributed by atoms with Gasteiger partial charge in [0.2, 0.25) is 0 Å². The lowest BCUT2D eigenvalue weighted by Crippen LogP contribution is -2.32. The van der Waals surface area contributed by atoms with Crippen LogP contribution in [0.5, 0.6) is 11.5 Å². The maximum Gasteiger partial charge on any atom is 0.320 e. The fourth-order valence-electron chi connectivity index (χ4n) is 1.08. The van der Waals surface area contributed by atoms with E-state index in [1.807, 2.05) is 0 Å². The molecule has 5 N–H and O–H groups in total. The van der Waals surface area contributed by atoms with Gasteiger partial charge in [-0.05, 0) is 11.6 Å². The molecule has 1 rings (SSSR count). The molecule has 7 heteroatoms. The Labute approximate surface area is 101 Å². The minimum absolute atomic E-state index is 0. The molecule has 1 aromatic rings. The first kappa shape index (κ1) is 14.7. The Morgan fingerprint density at radius 3 is 2.38 bits per heavy atom. The second-order valence-electron chi connectivity index (χ2n) is 3.08. The average molecular weight is 296 g/mol. The van der Waals surface area contributed by atoms with Crippen LogP contribution in [-0.2, 0) is 11.2 Å². The van der Waals surface area contributed by atoms with Crippen LogP contribution < -0.4 is 5.73 Å². The van der Waals surface area contributed by atoms with Gasteiger partial charge < -0.3 is 21.1 Å². The Hall–Kier alpha value is -1.34. The molecule has 0 fully saturated rings. The molecule has 0 unspecified atom stereocenters. The number of rotatable bonds is 3. The molecule has 1 atom stereocenters. The SMILES string of the molecule is Br.N[C@@H](Cc1cc(O)c(O)cc1F)C(=O)O. The van der Waals surface area contributed by atoms with Gasteiger partial charge in [0.15, 0.2) is 11.5 Å². The van der Waals surface area contributed by atoms with Gasteiger partial charge in [-0.15, -0.1) is 17.0 Å². The van der Waals surface area contributed by atoms with E-state index in [1.54, 1.807) is 0 Å². The number of nitrogens with two attached hydrogens (primary N) is 1. The lowest BCUT2D eigenvalue weighted by Gasteiger charge is -2.08. The average Bonchev–Trinajstić information content (AvgIpc) is 2.13. The summed E-state index contributed by atoms with van der Waals surface area (Å²) < 4.78 is 13.1. The van der Waals surface area contributed by atoms with Crippen LogP contribution in [-0.4, -0.2) is 27.3 Å². The monoisotopic (exact) mass is 295 g/mol. The highest BCUT2D eigenvalue weighted by Gasteiger charge is 2.16. The van der Waals surface area contributed by atoms with Gasteiger partial charge >= 0.3 is 5.97 Å². The van der Waals surface area contributed by atoms with Gasteiger partial charge in [-0.25, -0.2) is 4.39 Å². The molecule has 0 radical (unpaired) electrons. The summed E-state index contributed by atoms with van der Waals surface area (Å²) in [4.78, 5) is 10.4. The third-order valence-corrected chi connectivity index (χ3v) is 1.90. The molecule has 16 heavy (non-hydrogen) atoms. The predicted molar refractivity (Wildman–Crippen MR) is 59.4 cm³/mol. The first-order valence-corrected chi connectivity index (χ1v) is 4.10. The smallest absolute Gasteiger partial charge is 0.320 e. The first-order valence-electron chi connectivity index (χ1n) is 4.10. The second-order valence-corrected chi connectivity index (χ2v) is 3.08. The van der Waals surface area contributed by atoms with Gasteiger partial charge in [0, 0.05) is 12.5 Å². The summed E-state index contributed by atoms with van der Waals surface area (Å²) in [7, 11) is 0. The lowest BCUT2D eigenvalue weighted by atomic mass is 10.1. The number of phenolic OH excluding ortho intramolecular Hbond substituents is 2. The predicted octanol–water partition coefficient (Wildman–Crippen LogP) is 0.769. The second kappa shape index (κ2) is 5.66. The number of aliphatic carboxylic acids is 1. The van der Waals surface area contributed by atoms with Crippen molar-refractivity contribution in [3.63, 3.8) is 0 Å². The van der Waals surface area contributed by atoms with Crippen LogP contribution in [0.1, 0.15) is 5.56 Å². The van der Waals surface area contributed by atoms with E-state index in [1.165, 1.54) is 0 Å². The van der Waals surface area contributed by atoms with Crippen LogP contribution in [0.3, 0.4) is 0 Å². The minimum atomic E-state index is -1.26. The largest absolute Gasteiger partial charge is 0.504 e. The van der Waals surface area contributed by atoms with Crippen molar-refractivity contribution in [3.05, 3.63) is 23.5 Å². The molecule has 0 aliphatic carbocycles. The van der Waals surface area contributed by atoms with Gasteiger partial charge in [-0.3, -0.25) is 4.79 Å². The van der Waals surface area contributed by atoms with E-state index in [2.05, 4.69) is 0 Å². The van der Waals surface area contributed by atoms with Crippen molar-refractivity contribution >= 4 is 23.0 Å². The summed E-state index contributed by atoms with van der Waals surface area (Å²) in [6.45, 7) is 0. The number of carbonyl (C=O) groups is 1. The molecule has 0 spiro atoms. The Balaban J connectivity index is 0.00000225. The van der Waals surface area contributed by atoms with Gasteiger partial charge in [0.25, 0.3) is 0 Å². The number of phenols is 2. The lowest BCUT2D eigenvalue weighted by molar-refractivity contribution is -0.138. The van der Waals surface area contributed by atoms with Crippen molar-refractivity contribution in [2.45, 2.75) is 12.5 Å². The Morgan fingerprint density at radius 2 is 1.88 bits per heavy atom.